The van der Waals surface area contributed by atoms with E-state index >= 15 is 0 Å². The molecule has 64 valence electrons. The second-order valence-electron chi connectivity index (χ2n) is 2.68. The van der Waals surface area contributed by atoms with Gasteiger partial charge in [-0.2, -0.15) is 0 Å². The van der Waals surface area contributed by atoms with Gasteiger partial charge in [-0.05, 0) is 22.0 Å². The highest BCUT2D eigenvalue weighted by molar-refractivity contribution is 9.10. The molecule has 1 saturated heterocycles. The lowest BCUT2D eigenvalue weighted by molar-refractivity contribution is 0.381. The molecule has 0 aromatic heterocycles. The Labute approximate surface area is 79.6 Å². The normalized spacial score (nSPS) is 20.7. The number of hydrogen-bond acceptors (Lipinski definition) is 2. The number of epoxide rings is 1. The maximum absolute atomic E-state index is 5.25. The topological polar surface area (TPSA) is 21.8 Å². The molecule has 1 fully saturated rings. The van der Waals surface area contributed by atoms with Crippen LogP contribution in [-0.4, -0.2) is 13.7 Å². The maximum atomic E-state index is 5.25. The van der Waals surface area contributed by atoms with Crippen LogP contribution in [0.5, 0.6) is 5.75 Å². The Morgan fingerprint density at radius 3 is 2.92 bits per heavy atom. The first-order chi connectivity index (χ1) is 5.83. The zero-order valence-electron chi connectivity index (χ0n) is 6.71. The first-order valence-electron chi connectivity index (χ1n) is 3.77. The minimum Gasteiger partial charge on any atom is -0.495 e. The average molecular weight is 229 g/mol. The number of para-hydroxylation sites is 1. The van der Waals surface area contributed by atoms with E-state index in [0.717, 1.165) is 22.4 Å². The molecule has 0 bridgehead atoms. The summed E-state index contributed by atoms with van der Waals surface area (Å²) in [6, 6.07) is 5.98. The van der Waals surface area contributed by atoms with E-state index in [4.69, 9.17) is 9.47 Å². The van der Waals surface area contributed by atoms with Crippen molar-refractivity contribution < 1.29 is 9.47 Å². The first-order valence-corrected chi connectivity index (χ1v) is 4.56. The Morgan fingerprint density at radius 2 is 2.33 bits per heavy atom. The van der Waals surface area contributed by atoms with Crippen LogP contribution in [0.3, 0.4) is 0 Å². The molecule has 1 aliphatic heterocycles. The Bertz CT molecular complexity index is 295. The van der Waals surface area contributed by atoms with Crippen molar-refractivity contribution in [3.05, 3.63) is 28.2 Å². The molecule has 0 saturated carbocycles. The summed E-state index contributed by atoms with van der Waals surface area (Å²) in [5.41, 5.74) is 1.13. The molecule has 1 aromatic carbocycles. The first kappa shape index (κ1) is 8.08. The van der Waals surface area contributed by atoms with E-state index in [9.17, 15) is 0 Å². The zero-order valence-corrected chi connectivity index (χ0v) is 8.30. The number of halogens is 1. The summed E-state index contributed by atoms with van der Waals surface area (Å²) in [7, 11) is 1.67. The third-order valence-corrected chi connectivity index (χ3v) is 2.51. The number of ether oxygens (including phenoxy) is 2. The number of rotatable bonds is 2. The fraction of sp³-hybridized carbons (Fsp3) is 0.333. The lowest BCUT2D eigenvalue weighted by Crippen LogP contribution is -1.91. The van der Waals surface area contributed by atoms with Crippen molar-refractivity contribution in [2.24, 2.45) is 0 Å². The van der Waals surface area contributed by atoms with E-state index in [-0.39, 0.29) is 6.10 Å². The second-order valence-corrected chi connectivity index (χ2v) is 3.54. The molecule has 0 radical (unpaired) electrons. The number of benzene rings is 1. The Morgan fingerprint density at radius 1 is 1.58 bits per heavy atom. The minimum atomic E-state index is 0.248. The van der Waals surface area contributed by atoms with Gasteiger partial charge in [0.15, 0.2) is 0 Å². The van der Waals surface area contributed by atoms with Crippen molar-refractivity contribution in [2.45, 2.75) is 6.10 Å². The highest BCUT2D eigenvalue weighted by Gasteiger charge is 2.28. The monoisotopic (exact) mass is 228 g/mol. The van der Waals surface area contributed by atoms with Gasteiger partial charge >= 0.3 is 0 Å². The minimum absolute atomic E-state index is 0.248. The summed E-state index contributed by atoms with van der Waals surface area (Å²) in [5.74, 6) is 0.889. The molecular formula is C9H9BrO2. The van der Waals surface area contributed by atoms with Crippen molar-refractivity contribution >= 4 is 15.9 Å². The summed E-state index contributed by atoms with van der Waals surface area (Å²) in [6.07, 6.45) is 0.248. The summed E-state index contributed by atoms with van der Waals surface area (Å²) in [5, 5.41) is 0. The SMILES string of the molecule is COc1c(Br)cccc1[C@@H]1CO1. The van der Waals surface area contributed by atoms with Gasteiger partial charge in [-0.15, -0.1) is 0 Å². The van der Waals surface area contributed by atoms with Gasteiger partial charge < -0.3 is 9.47 Å². The fourth-order valence-electron chi connectivity index (χ4n) is 1.22. The van der Waals surface area contributed by atoms with Gasteiger partial charge in [0.25, 0.3) is 0 Å². The lowest BCUT2D eigenvalue weighted by atomic mass is 10.1. The van der Waals surface area contributed by atoms with Gasteiger partial charge in [-0.1, -0.05) is 12.1 Å². The van der Waals surface area contributed by atoms with E-state index < -0.39 is 0 Å². The van der Waals surface area contributed by atoms with Crippen molar-refractivity contribution in [3.63, 3.8) is 0 Å². The van der Waals surface area contributed by atoms with Crippen LogP contribution in [0.25, 0.3) is 0 Å². The molecule has 0 spiro atoms. The van der Waals surface area contributed by atoms with Gasteiger partial charge in [0.2, 0.25) is 0 Å². The molecule has 0 unspecified atom stereocenters. The van der Waals surface area contributed by atoms with Crippen LogP contribution >= 0.6 is 15.9 Å². The average Bonchev–Trinajstić information content (AvgIpc) is 2.86. The lowest BCUT2D eigenvalue weighted by Gasteiger charge is -2.07. The Kier molecular flexibility index (Phi) is 2.07. The van der Waals surface area contributed by atoms with Gasteiger partial charge in [-0.25, -0.2) is 0 Å². The van der Waals surface area contributed by atoms with Gasteiger partial charge in [0.1, 0.15) is 11.9 Å². The maximum Gasteiger partial charge on any atom is 0.138 e. The predicted molar refractivity (Wildman–Crippen MR) is 49.4 cm³/mol. The molecule has 1 aliphatic rings. The summed E-state index contributed by atoms with van der Waals surface area (Å²) in [6.45, 7) is 0.812. The van der Waals surface area contributed by atoms with Gasteiger partial charge in [-0.3, -0.25) is 0 Å². The highest BCUT2D eigenvalue weighted by atomic mass is 79.9. The highest BCUT2D eigenvalue weighted by Crippen LogP contribution is 2.39. The fourth-order valence-corrected chi connectivity index (χ4v) is 1.77. The second kappa shape index (κ2) is 3.07. The van der Waals surface area contributed by atoms with Crippen molar-refractivity contribution in [2.75, 3.05) is 13.7 Å². The molecule has 2 rings (SSSR count). The molecule has 2 nitrogen and oxygen atoms in total. The molecule has 1 heterocycles. The third kappa shape index (κ3) is 1.34. The molecule has 0 aliphatic carbocycles. The van der Waals surface area contributed by atoms with Gasteiger partial charge in [0.05, 0.1) is 18.2 Å². The van der Waals surface area contributed by atoms with E-state index in [1.165, 1.54) is 0 Å². The standard InChI is InChI=1S/C9H9BrO2/c1-11-9-6(8-5-12-8)3-2-4-7(9)10/h2-4,8H,5H2,1H3/t8-/m0/s1. The zero-order chi connectivity index (χ0) is 8.55. The van der Waals surface area contributed by atoms with Crippen molar-refractivity contribution in [1.29, 1.82) is 0 Å². The van der Waals surface area contributed by atoms with Crippen LogP contribution < -0.4 is 4.74 Å². The van der Waals surface area contributed by atoms with E-state index in [0.29, 0.717) is 0 Å². The van der Waals surface area contributed by atoms with Crippen molar-refractivity contribution in [1.82, 2.24) is 0 Å². The van der Waals surface area contributed by atoms with Gasteiger partial charge in [0, 0.05) is 5.56 Å². The molecule has 3 heteroatoms. The molecule has 12 heavy (non-hydrogen) atoms. The smallest absolute Gasteiger partial charge is 0.138 e. The summed E-state index contributed by atoms with van der Waals surface area (Å²) >= 11 is 3.42. The van der Waals surface area contributed by atoms with Crippen LogP contribution in [0.4, 0.5) is 0 Å². The molecule has 0 amide bonds. The summed E-state index contributed by atoms with van der Waals surface area (Å²) in [4.78, 5) is 0. The van der Waals surface area contributed by atoms with Crippen LogP contribution in [-0.2, 0) is 4.74 Å². The Hall–Kier alpha value is -0.540. The van der Waals surface area contributed by atoms with E-state index in [2.05, 4.69) is 15.9 Å². The summed E-state index contributed by atoms with van der Waals surface area (Å²) < 4.78 is 11.4. The third-order valence-electron chi connectivity index (χ3n) is 1.88. The number of methoxy groups -OCH3 is 1. The van der Waals surface area contributed by atoms with Crippen LogP contribution in [0.2, 0.25) is 0 Å². The van der Waals surface area contributed by atoms with E-state index in [1.54, 1.807) is 7.11 Å². The largest absolute Gasteiger partial charge is 0.495 e. The van der Waals surface area contributed by atoms with Crippen LogP contribution in [0, 0.1) is 0 Å². The molecule has 0 N–H and O–H groups in total. The van der Waals surface area contributed by atoms with Crippen LogP contribution in [0.15, 0.2) is 22.7 Å². The molecule has 1 aromatic rings. The Balaban J connectivity index is 2.43. The molecule has 1 atom stereocenters. The predicted octanol–water partition coefficient (Wildman–Crippen LogP) is 2.53. The van der Waals surface area contributed by atoms with Crippen molar-refractivity contribution in [3.8, 4) is 5.75 Å². The quantitative estimate of drug-likeness (QED) is 0.727. The van der Waals surface area contributed by atoms with Crippen LogP contribution in [0.1, 0.15) is 11.7 Å². The number of hydrogen-bond donors (Lipinski definition) is 0. The molecular weight excluding hydrogens is 220 g/mol. The van der Waals surface area contributed by atoms with E-state index in [1.807, 2.05) is 18.2 Å².